The van der Waals surface area contributed by atoms with Crippen molar-refractivity contribution in [1.29, 1.82) is 0 Å². The van der Waals surface area contributed by atoms with E-state index in [1.54, 1.807) is 0 Å². The Morgan fingerprint density at radius 3 is 2.59 bits per heavy atom. The Morgan fingerprint density at radius 1 is 1.35 bits per heavy atom. The molecule has 0 amide bonds. The zero-order valence-electron chi connectivity index (χ0n) is 10.5. The Labute approximate surface area is 104 Å². The molecule has 17 heavy (non-hydrogen) atoms. The molecule has 0 spiro atoms. The molecule has 0 bridgehead atoms. The monoisotopic (exact) mass is 261 g/mol. The molecule has 4 nitrogen and oxygen atoms in total. The number of hydrogen-bond donors (Lipinski definition) is 2. The highest BCUT2D eigenvalue weighted by Gasteiger charge is 2.39. The molecule has 100 valence electrons. The Balaban J connectivity index is 2.02. The van der Waals surface area contributed by atoms with Gasteiger partial charge in [-0.15, -0.1) is 0 Å². The fourth-order valence-corrected chi connectivity index (χ4v) is 4.84. The lowest BCUT2D eigenvalue weighted by molar-refractivity contribution is 0.119. The Hall–Kier alpha value is -0.130. The molecule has 2 atom stereocenters. The second kappa shape index (κ2) is 4.86. The third-order valence-corrected chi connectivity index (χ3v) is 5.57. The molecule has 2 aliphatic carbocycles. The van der Waals surface area contributed by atoms with Crippen LogP contribution < -0.4 is 4.72 Å². The van der Waals surface area contributed by atoms with Crippen molar-refractivity contribution < 1.29 is 13.5 Å². The lowest BCUT2D eigenvalue weighted by atomic mass is 9.78. The van der Waals surface area contributed by atoms with E-state index < -0.39 is 15.6 Å². The van der Waals surface area contributed by atoms with Gasteiger partial charge in [-0.05, 0) is 37.5 Å². The highest BCUT2D eigenvalue weighted by atomic mass is 32.2. The number of sulfonamides is 1. The van der Waals surface area contributed by atoms with Gasteiger partial charge in [-0.25, -0.2) is 13.1 Å². The van der Waals surface area contributed by atoms with E-state index in [0.29, 0.717) is 11.8 Å². The summed E-state index contributed by atoms with van der Waals surface area (Å²) in [6, 6.07) is 0. The van der Waals surface area contributed by atoms with Gasteiger partial charge in [-0.2, -0.15) is 0 Å². The van der Waals surface area contributed by atoms with Gasteiger partial charge in [0.05, 0.1) is 17.9 Å². The van der Waals surface area contributed by atoms with E-state index in [9.17, 15) is 13.5 Å². The van der Waals surface area contributed by atoms with Gasteiger partial charge in [0, 0.05) is 0 Å². The van der Waals surface area contributed by atoms with Crippen LogP contribution in [-0.2, 0) is 10.0 Å². The molecular weight excluding hydrogens is 238 g/mol. The van der Waals surface area contributed by atoms with Crippen LogP contribution >= 0.6 is 0 Å². The summed E-state index contributed by atoms with van der Waals surface area (Å²) < 4.78 is 26.8. The molecule has 2 aliphatic rings. The maximum absolute atomic E-state index is 12.0. The summed E-state index contributed by atoms with van der Waals surface area (Å²) in [6.45, 7) is 2.04. The van der Waals surface area contributed by atoms with Crippen LogP contribution in [0, 0.1) is 11.8 Å². The van der Waals surface area contributed by atoms with E-state index in [0.717, 1.165) is 38.5 Å². The molecule has 0 aromatic carbocycles. The minimum Gasteiger partial charge on any atom is -0.394 e. The lowest BCUT2D eigenvalue weighted by Gasteiger charge is -2.39. The molecule has 0 heterocycles. The summed E-state index contributed by atoms with van der Waals surface area (Å²) in [7, 11) is -3.22. The topological polar surface area (TPSA) is 66.4 Å². The van der Waals surface area contributed by atoms with Crippen LogP contribution in [0.3, 0.4) is 0 Å². The van der Waals surface area contributed by atoms with E-state index >= 15 is 0 Å². The first kappa shape index (κ1) is 13.3. The number of aliphatic hydroxyl groups is 1. The molecule has 2 fully saturated rings. The predicted octanol–water partition coefficient (Wildman–Crippen LogP) is 1.26. The molecule has 0 aromatic rings. The second-order valence-electron chi connectivity index (χ2n) is 5.97. The second-order valence-corrected chi connectivity index (χ2v) is 7.73. The molecule has 5 heteroatoms. The number of hydrogen-bond acceptors (Lipinski definition) is 3. The molecule has 0 radical (unpaired) electrons. The van der Waals surface area contributed by atoms with E-state index in [4.69, 9.17) is 0 Å². The molecule has 2 unspecified atom stereocenters. The lowest BCUT2D eigenvalue weighted by Crippen LogP contribution is -2.54. The Morgan fingerprint density at radius 2 is 2.06 bits per heavy atom. The smallest absolute Gasteiger partial charge is 0.212 e. The fourth-order valence-electron chi connectivity index (χ4n) is 2.90. The predicted molar refractivity (Wildman–Crippen MR) is 67.1 cm³/mol. The summed E-state index contributed by atoms with van der Waals surface area (Å²) in [4.78, 5) is 0. The average Bonchev–Trinajstić information content (AvgIpc) is 3.00. The van der Waals surface area contributed by atoms with Crippen molar-refractivity contribution in [3.8, 4) is 0 Å². The third kappa shape index (κ3) is 3.66. The molecule has 0 saturated heterocycles. The van der Waals surface area contributed by atoms with Crippen LogP contribution in [0.5, 0.6) is 0 Å². The van der Waals surface area contributed by atoms with E-state index in [1.165, 1.54) is 0 Å². The number of rotatable bonds is 5. The van der Waals surface area contributed by atoms with Crippen LogP contribution in [0.2, 0.25) is 0 Å². The largest absolute Gasteiger partial charge is 0.394 e. The van der Waals surface area contributed by atoms with Crippen molar-refractivity contribution in [2.24, 2.45) is 11.8 Å². The first-order valence-electron chi connectivity index (χ1n) is 6.57. The number of nitrogens with one attached hydrogen (secondary N) is 1. The average molecular weight is 261 g/mol. The normalized spacial score (nSPS) is 34.8. The van der Waals surface area contributed by atoms with Crippen molar-refractivity contribution in [3.05, 3.63) is 0 Å². The summed E-state index contributed by atoms with van der Waals surface area (Å²) in [5.74, 6) is 1.08. The van der Waals surface area contributed by atoms with Gasteiger partial charge >= 0.3 is 0 Å². The standard InChI is InChI=1S/C12H23NO3S/c1-10-3-2-6-12(7-10,9-14)13-17(15,16)8-11-4-5-11/h10-11,13-14H,2-9H2,1H3. The van der Waals surface area contributed by atoms with Crippen molar-refractivity contribution >= 4 is 10.0 Å². The van der Waals surface area contributed by atoms with Crippen LogP contribution in [0.25, 0.3) is 0 Å². The van der Waals surface area contributed by atoms with Gasteiger partial charge in [-0.3, -0.25) is 0 Å². The van der Waals surface area contributed by atoms with Gasteiger partial charge in [0.25, 0.3) is 0 Å². The van der Waals surface area contributed by atoms with Crippen LogP contribution in [-0.4, -0.2) is 31.4 Å². The van der Waals surface area contributed by atoms with Crippen LogP contribution in [0.15, 0.2) is 0 Å². The summed E-state index contributed by atoms with van der Waals surface area (Å²) in [5, 5.41) is 9.55. The van der Waals surface area contributed by atoms with Crippen molar-refractivity contribution in [1.82, 2.24) is 4.72 Å². The van der Waals surface area contributed by atoms with Crippen molar-refractivity contribution in [3.63, 3.8) is 0 Å². The Kier molecular flexibility index (Phi) is 3.80. The van der Waals surface area contributed by atoms with Crippen LogP contribution in [0.1, 0.15) is 45.4 Å². The van der Waals surface area contributed by atoms with Gasteiger partial charge in [-0.1, -0.05) is 19.8 Å². The maximum Gasteiger partial charge on any atom is 0.212 e. The highest BCUT2D eigenvalue weighted by molar-refractivity contribution is 7.89. The third-order valence-electron chi connectivity index (χ3n) is 3.92. The van der Waals surface area contributed by atoms with E-state index in [1.807, 2.05) is 0 Å². The molecule has 2 saturated carbocycles. The maximum atomic E-state index is 12.0. The fraction of sp³-hybridized carbons (Fsp3) is 1.00. The quantitative estimate of drug-likeness (QED) is 0.783. The zero-order valence-corrected chi connectivity index (χ0v) is 11.3. The minimum absolute atomic E-state index is 0.0821. The van der Waals surface area contributed by atoms with Crippen molar-refractivity contribution in [2.45, 2.75) is 51.0 Å². The van der Waals surface area contributed by atoms with Gasteiger partial charge < -0.3 is 5.11 Å². The van der Waals surface area contributed by atoms with Gasteiger partial charge in [0.1, 0.15) is 0 Å². The minimum atomic E-state index is -3.22. The highest BCUT2D eigenvalue weighted by Crippen LogP contribution is 2.34. The molecule has 0 aromatic heterocycles. The molecule has 2 rings (SSSR count). The zero-order chi connectivity index (χ0) is 12.5. The van der Waals surface area contributed by atoms with E-state index in [2.05, 4.69) is 11.6 Å². The first-order valence-corrected chi connectivity index (χ1v) is 8.22. The molecular formula is C12H23NO3S. The van der Waals surface area contributed by atoms with Gasteiger partial charge in [0.15, 0.2) is 0 Å². The van der Waals surface area contributed by atoms with E-state index in [-0.39, 0.29) is 12.4 Å². The molecule has 2 N–H and O–H groups in total. The summed E-state index contributed by atoms with van der Waals surface area (Å²) in [6.07, 6.45) is 5.71. The van der Waals surface area contributed by atoms with Gasteiger partial charge in [0.2, 0.25) is 10.0 Å². The van der Waals surface area contributed by atoms with Crippen molar-refractivity contribution in [2.75, 3.05) is 12.4 Å². The SMILES string of the molecule is CC1CCCC(CO)(NS(=O)(=O)CC2CC2)C1. The summed E-state index contributed by atoms with van der Waals surface area (Å²) >= 11 is 0. The first-order chi connectivity index (χ1) is 7.95. The van der Waals surface area contributed by atoms with Crippen LogP contribution in [0.4, 0.5) is 0 Å². The molecule has 0 aliphatic heterocycles. The Bertz CT molecular complexity index is 364. The summed E-state index contributed by atoms with van der Waals surface area (Å²) in [5.41, 5.74) is -0.592. The number of aliphatic hydroxyl groups excluding tert-OH is 1.